The molecule has 0 amide bonds. The summed E-state index contributed by atoms with van der Waals surface area (Å²) in [6.07, 6.45) is 1.32. The number of rotatable bonds is 1. The first-order chi connectivity index (χ1) is 8.59. The predicted octanol–water partition coefficient (Wildman–Crippen LogP) is 4.05. The van der Waals surface area contributed by atoms with E-state index in [1.807, 2.05) is 0 Å². The molecule has 0 radical (unpaired) electrons. The standard InChI is InChI=1S/C10H14.C5H8O3/c1-8(2)10-6-4-9(3)5-7-10;6-5-7-3-1-2-4-8-5/h4-8H,1-3H3;1-4H2. The van der Waals surface area contributed by atoms with E-state index in [1.165, 1.54) is 11.1 Å². The number of carbonyl (C=O) groups excluding carboxylic acids is 1. The van der Waals surface area contributed by atoms with E-state index in [0.29, 0.717) is 19.1 Å². The molecule has 1 saturated heterocycles. The van der Waals surface area contributed by atoms with Gasteiger partial charge in [-0.15, -0.1) is 0 Å². The molecule has 1 fully saturated rings. The van der Waals surface area contributed by atoms with E-state index in [-0.39, 0.29) is 0 Å². The Labute approximate surface area is 109 Å². The number of hydrogen-bond donors (Lipinski definition) is 0. The van der Waals surface area contributed by atoms with Crippen LogP contribution in [-0.2, 0) is 9.47 Å². The average molecular weight is 250 g/mol. The van der Waals surface area contributed by atoms with Gasteiger partial charge in [-0.2, -0.15) is 0 Å². The summed E-state index contributed by atoms with van der Waals surface area (Å²) in [5.74, 6) is 0.653. The van der Waals surface area contributed by atoms with E-state index >= 15 is 0 Å². The fourth-order valence-corrected chi connectivity index (χ4v) is 1.51. The largest absolute Gasteiger partial charge is 0.508 e. The molecule has 1 heterocycles. The number of ether oxygens (including phenoxy) is 2. The molecule has 2 rings (SSSR count). The lowest BCUT2D eigenvalue weighted by atomic mass is 10.0. The average Bonchev–Trinajstić information content (AvgIpc) is 2.58. The van der Waals surface area contributed by atoms with Crippen LogP contribution in [0.5, 0.6) is 0 Å². The van der Waals surface area contributed by atoms with Gasteiger partial charge in [0.05, 0.1) is 13.2 Å². The molecule has 1 aliphatic heterocycles. The Morgan fingerprint density at radius 1 is 1.00 bits per heavy atom. The molecular weight excluding hydrogens is 228 g/mol. The Hall–Kier alpha value is -1.51. The summed E-state index contributed by atoms with van der Waals surface area (Å²) in [7, 11) is 0. The zero-order valence-electron chi connectivity index (χ0n) is 11.4. The first-order valence-corrected chi connectivity index (χ1v) is 6.45. The van der Waals surface area contributed by atoms with Gasteiger partial charge in [-0.3, -0.25) is 0 Å². The summed E-state index contributed by atoms with van der Waals surface area (Å²) < 4.78 is 9.08. The van der Waals surface area contributed by atoms with Crippen LogP contribution in [0.2, 0.25) is 0 Å². The molecule has 0 spiro atoms. The molecule has 1 aliphatic rings. The van der Waals surface area contributed by atoms with Gasteiger partial charge in [0, 0.05) is 0 Å². The summed E-state index contributed by atoms with van der Waals surface area (Å²) in [5.41, 5.74) is 2.76. The molecule has 0 saturated carbocycles. The fraction of sp³-hybridized carbons (Fsp3) is 0.533. The highest BCUT2D eigenvalue weighted by atomic mass is 16.7. The van der Waals surface area contributed by atoms with Crippen molar-refractivity contribution in [2.45, 2.75) is 39.5 Å². The lowest BCUT2D eigenvalue weighted by molar-refractivity contribution is 0.0728. The SMILES string of the molecule is Cc1ccc(C(C)C)cc1.O=C1OCCCCO1. The van der Waals surface area contributed by atoms with Crippen molar-refractivity contribution in [1.29, 1.82) is 0 Å². The highest BCUT2D eigenvalue weighted by molar-refractivity contribution is 5.59. The van der Waals surface area contributed by atoms with Gasteiger partial charge in [0.2, 0.25) is 0 Å². The highest BCUT2D eigenvalue weighted by Crippen LogP contribution is 2.13. The van der Waals surface area contributed by atoms with E-state index in [2.05, 4.69) is 54.5 Å². The molecule has 0 bridgehead atoms. The van der Waals surface area contributed by atoms with Crippen LogP contribution in [0.25, 0.3) is 0 Å². The van der Waals surface area contributed by atoms with Crippen molar-refractivity contribution in [3.8, 4) is 0 Å². The number of carbonyl (C=O) groups is 1. The molecule has 0 N–H and O–H groups in total. The van der Waals surface area contributed by atoms with Gasteiger partial charge >= 0.3 is 6.16 Å². The minimum Gasteiger partial charge on any atom is -0.434 e. The normalized spacial score (nSPS) is 15.0. The Kier molecular flexibility index (Phi) is 6.26. The van der Waals surface area contributed by atoms with Gasteiger partial charge in [0.15, 0.2) is 0 Å². The summed E-state index contributed by atoms with van der Waals surface area (Å²) in [5, 5.41) is 0. The van der Waals surface area contributed by atoms with Crippen LogP contribution in [-0.4, -0.2) is 19.4 Å². The van der Waals surface area contributed by atoms with E-state index < -0.39 is 6.16 Å². The molecular formula is C15H22O3. The van der Waals surface area contributed by atoms with Crippen LogP contribution in [0.4, 0.5) is 4.79 Å². The third-order valence-corrected chi connectivity index (χ3v) is 2.72. The molecule has 18 heavy (non-hydrogen) atoms. The monoisotopic (exact) mass is 250 g/mol. The maximum atomic E-state index is 10.2. The zero-order valence-corrected chi connectivity index (χ0v) is 11.4. The summed E-state index contributed by atoms with van der Waals surface area (Å²) in [6, 6.07) is 8.71. The van der Waals surface area contributed by atoms with Crippen LogP contribution in [0.15, 0.2) is 24.3 Å². The Balaban J connectivity index is 0.000000184. The maximum absolute atomic E-state index is 10.2. The van der Waals surface area contributed by atoms with Crippen molar-refractivity contribution in [1.82, 2.24) is 0 Å². The second-order valence-electron chi connectivity index (χ2n) is 4.72. The molecule has 1 aromatic carbocycles. The third kappa shape index (κ3) is 5.71. The third-order valence-electron chi connectivity index (χ3n) is 2.72. The summed E-state index contributed by atoms with van der Waals surface area (Å²) in [4.78, 5) is 10.2. The molecule has 0 atom stereocenters. The minimum atomic E-state index is -0.525. The number of hydrogen-bond acceptors (Lipinski definition) is 3. The van der Waals surface area contributed by atoms with Gasteiger partial charge in [-0.25, -0.2) is 4.79 Å². The Bertz CT molecular complexity index is 345. The van der Waals surface area contributed by atoms with Crippen molar-refractivity contribution >= 4 is 6.16 Å². The molecule has 100 valence electrons. The topological polar surface area (TPSA) is 35.5 Å². The maximum Gasteiger partial charge on any atom is 0.508 e. The lowest BCUT2D eigenvalue weighted by Gasteiger charge is -2.03. The van der Waals surface area contributed by atoms with E-state index in [9.17, 15) is 4.79 Å². The minimum absolute atomic E-state index is 0.513. The molecule has 0 aromatic heterocycles. The summed E-state index contributed by atoms with van der Waals surface area (Å²) in [6.45, 7) is 7.57. The van der Waals surface area contributed by atoms with Crippen molar-refractivity contribution in [3.63, 3.8) is 0 Å². The zero-order chi connectivity index (χ0) is 13.4. The van der Waals surface area contributed by atoms with Crippen LogP contribution in [0.3, 0.4) is 0 Å². The highest BCUT2D eigenvalue weighted by Gasteiger charge is 2.06. The van der Waals surface area contributed by atoms with Gasteiger partial charge < -0.3 is 9.47 Å². The Morgan fingerprint density at radius 2 is 1.50 bits per heavy atom. The van der Waals surface area contributed by atoms with Crippen LogP contribution in [0.1, 0.15) is 43.7 Å². The smallest absolute Gasteiger partial charge is 0.434 e. The lowest BCUT2D eigenvalue weighted by Crippen LogP contribution is -2.02. The van der Waals surface area contributed by atoms with Crippen molar-refractivity contribution in [2.75, 3.05) is 13.2 Å². The number of aryl methyl sites for hydroxylation is 1. The first-order valence-electron chi connectivity index (χ1n) is 6.45. The van der Waals surface area contributed by atoms with Gasteiger partial charge in [0.1, 0.15) is 0 Å². The molecule has 3 heteroatoms. The molecule has 0 unspecified atom stereocenters. The van der Waals surface area contributed by atoms with Crippen LogP contribution in [0, 0.1) is 6.92 Å². The van der Waals surface area contributed by atoms with Crippen molar-refractivity contribution in [2.24, 2.45) is 0 Å². The summed E-state index contributed by atoms with van der Waals surface area (Å²) >= 11 is 0. The predicted molar refractivity (Wildman–Crippen MR) is 71.8 cm³/mol. The van der Waals surface area contributed by atoms with Crippen molar-refractivity contribution in [3.05, 3.63) is 35.4 Å². The molecule has 3 nitrogen and oxygen atoms in total. The van der Waals surface area contributed by atoms with Gasteiger partial charge in [-0.1, -0.05) is 43.7 Å². The number of cyclic esters (lactones) is 2. The second-order valence-corrected chi connectivity index (χ2v) is 4.72. The van der Waals surface area contributed by atoms with E-state index in [1.54, 1.807) is 0 Å². The van der Waals surface area contributed by atoms with E-state index in [0.717, 1.165) is 12.8 Å². The van der Waals surface area contributed by atoms with E-state index in [4.69, 9.17) is 0 Å². The quantitative estimate of drug-likeness (QED) is 0.705. The molecule has 0 aliphatic carbocycles. The second kappa shape index (κ2) is 7.75. The first kappa shape index (κ1) is 14.6. The van der Waals surface area contributed by atoms with Gasteiger partial charge in [0.25, 0.3) is 0 Å². The number of benzene rings is 1. The van der Waals surface area contributed by atoms with Gasteiger partial charge in [-0.05, 0) is 31.2 Å². The molecule has 1 aromatic rings. The Morgan fingerprint density at radius 3 is 1.94 bits per heavy atom. The van der Waals surface area contributed by atoms with Crippen LogP contribution < -0.4 is 0 Å². The van der Waals surface area contributed by atoms with Crippen LogP contribution >= 0.6 is 0 Å². The van der Waals surface area contributed by atoms with Crippen molar-refractivity contribution < 1.29 is 14.3 Å². The fourth-order valence-electron chi connectivity index (χ4n) is 1.51.